The van der Waals surface area contributed by atoms with E-state index in [0.29, 0.717) is 17.0 Å². The average Bonchev–Trinajstić information content (AvgIpc) is 2.36. The van der Waals surface area contributed by atoms with Gasteiger partial charge in [0.2, 0.25) is 0 Å². The summed E-state index contributed by atoms with van der Waals surface area (Å²) in [6, 6.07) is 5.84. The van der Waals surface area contributed by atoms with Gasteiger partial charge in [-0.15, -0.1) is 0 Å². The van der Waals surface area contributed by atoms with Crippen LogP contribution in [0.3, 0.4) is 0 Å². The molecule has 0 spiro atoms. The molecule has 1 saturated carbocycles. The lowest BCUT2D eigenvalue weighted by Crippen LogP contribution is -2.54. The van der Waals surface area contributed by atoms with Crippen molar-refractivity contribution in [1.82, 2.24) is 0 Å². The van der Waals surface area contributed by atoms with Crippen LogP contribution in [-0.2, 0) is 5.41 Å². The molecule has 0 bridgehead atoms. The van der Waals surface area contributed by atoms with E-state index in [0.717, 1.165) is 5.02 Å². The highest BCUT2D eigenvalue weighted by molar-refractivity contribution is 6.35. The second-order valence-electron chi connectivity index (χ2n) is 6.46. The van der Waals surface area contributed by atoms with Gasteiger partial charge in [-0.3, -0.25) is 0 Å². The zero-order valence-corrected chi connectivity index (χ0v) is 14.0. The average molecular weight is 314 g/mol. The monoisotopic (exact) mass is 313 g/mol. The molecule has 1 nitrogen and oxygen atoms in total. The zero-order chi connectivity index (χ0) is 14.8. The van der Waals surface area contributed by atoms with E-state index in [-0.39, 0.29) is 5.41 Å². The molecule has 0 aromatic heterocycles. The van der Waals surface area contributed by atoms with Crippen molar-refractivity contribution in [2.45, 2.75) is 57.8 Å². The largest absolute Gasteiger partial charge is 0.330 e. The topological polar surface area (TPSA) is 26.0 Å². The molecule has 1 aliphatic rings. The highest BCUT2D eigenvalue weighted by atomic mass is 35.5. The van der Waals surface area contributed by atoms with Gasteiger partial charge in [-0.1, -0.05) is 56.0 Å². The van der Waals surface area contributed by atoms with Crippen molar-refractivity contribution in [1.29, 1.82) is 0 Å². The van der Waals surface area contributed by atoms with E-state index >= 15 is 0 Å². The minimum Gasteiger partial charge on any atom is -0.330 e. The molecule has 0 radical (unpaired) electrons. The first-order valence-electron chi connectivity index (χ1n) is 7.66. The number of rotatable bonds is 6. The van der Waals surface area contributed by atoms with Gasteiger partial charge in [0.15, 0.2) is 0 Å². The highest BCUT2D eigenvalue weighted by Gasteiger charge is 2.53. The van der Waals surface area contributed by atoms with Crippen LogP contribution in [0, 0.1) is 5.41 Å². The van der Waals surface area contributed by atoms with Gasteiger partial charge in [0.05, 0.1) is 0 Å². The molecule has 1 fully saturated rings. The number of hydrogen-bond donors (Lipinski definition) is 1. The fourth-order valence-electron chi connectivity index (χ4n) is 4.29. The highest BCUT2D eigenvalue weighted by Crippen LogP contribution is 2.60. The van der Waals surface area contributed by atoms with Crippen LogP contribution in [0.4, 0.5) is 0 Å². The Morgan fingerprint density at radius 3 is 2.15 bits per heavy atom. The Kier molecular flexibility index (Phi) is 5.05. The second kappa shape index (κ2) is 6.25. The van der Waals surface area contributed by atoms with Crippen LogP contribution in [0.15, 0.2) is 18.2 Å². The lowest BCUT2D eigenvalue weighted by atomic mass is 9.48. The van der Waals surface area contributed by atoms with Crippen LogP contribution < -0.4 is 5.73 Å². The maximum absolute atomic E-state index is 6.41. The summed E-state index contributed by atoms with van der Waals surface area (Å²) in [4.78, 5) is 0. The second-order valence-corrected chi connectivity index (χ2v) is 7.31. The van der Waals surface area contributed by atoms with Crippen molar-refractivity contribution in [2.24, 2.45) is 11.1 Å². The fraction of sp³-hybridized carbons (Fsp3) is 0.647. The zero-order valence-electron chi connectivity index (χ0n) is 12.5. The van der Waals surface area contributed by atoms with Gasteiger partial charge < -0.3 is 5.73 Å². The summed E-state index contributed by atoms with van der Waals surface area (Å²) in [5, 5.41) is 1.46. The van der Waals surface area contributed by atoms with Crippen LogP contribution in [-0.4, -0.2) is 6.54 Å². The van der Waals surface area contributed by atoms with Crippen LogP contribution in [0.25, 0.3) is 0 Å². The normalized spacial score (nSPS) is 19.6. The molecule has 20 heavy (non-hydrogen) atoms. The lowest BCUT2D eigenvalue weighted by molar-refractivity contribution is 0.00790. The number of hydrogen-bond acceptors (Lipinski definition) is 1. The third-order valence-electron chi connectivity index (χ3n) is 4.88. The number of nitrogens with two attached hydrogens (primary N) is 1. The molecule has 1 aromatic rings. The first-order valence-corrected chi connectivity index (χ1v) is 8.42. The molecule has 3 heteroatoms. The first-order chi connectivity index (χ1) is 9.51. The Bertz CT molecular complexity index is 456. The molecule has 112 valence electrons. The van der Waals surface area contributed by atoms with Gasteiger partial charge in [-0.05, 0) is 48.8 Å². The maximum Gasteiger partial charge on any atom is 0.0458 e. The van der Waals surface area contributed by atoms with Crippen molar-refractivity contribution in [3.05, 3.63) is 33.8 Å². The molecule has 1 aromatic carbocycles. The SMILES string of the molecule is CCCC1(CCC)CC(CN)(c2ccc(Cl)cc2Cl)C1. The maximum atomic E-state index is 6.41. The quantitative estimate of drug-likeness (QED) is 0.730. The summed E-state index contributed by atoms with van der Waals surface area (Å²) in [5.74, 6) is 0. The Balaban J connectivity index is 2.25. The van der Waals surface area contributed by atoms with Gasteiger partial charge in [-0.25, -0.2) is 0 Å². The summed E-state index contributed by atoms with van der Waals surface area (Å²) >= 11 is 12.4. The summed E-state index contributed by atoms with van der Waals surface area (Å²) < 4.78 is 0. The third-order valence-corrected chi connectivity index (χ3v) is 5.43. The molecule has 0 unspecified atom stereocenters. The van der Waals surface area contributed by atoms with Crippen LogP contribution in [0.2, 0.25) is 10.0 Å². The smallest absolute Gasteiger partial charge is 0.0458 e. The standard InChI is InChI=1S/C17H25Cl2N/c1-3-7-16(8-4-2)10-17(11-16,12-20)14-6-5-13(18)9-15(14)19/h5-6,9H,3-4,7-8,10-12,20H2,1-2H3. The minimum atomic E-state index is 0.0615. The number of benzene rings is 1. The van der Waals surface area contributed by atoms with Gasteiger partial charge in [0.1, 0.15) is 0 Å². The molecule has 0 aliphatic heterocycles. The van der Waals surface area contributed by atoms with Crippen molar-refractivity contribution < 1.29 is 0 Å². The predicted molar refractivity (Wildman–Crippen MR) is 88.7 cm³/mol. The number of halogens is 2. The van der Waals surface area contributed by atoms with Crippen molar-refractivity contribution in [2.75, 3.05) is 6.54 Å². The van der Waals surface area contributed by atoms with Crippen molar-refractivity contribution >= 4 is 23.2 Å². The van der Waals surface area contributed by atoms with E-state index in [9.17, 15) is 0 Å². The Morgan fingerprint density at radius 1 is 1.10 bits per heavy atom. The van der Waals surface area contributed by atoms with Crippen LogP contribution in [0.5, 0.6) is 0 Å². The van der Waals surface area contributed by atoms with E-state index in [1.54, 1.807) is 0 Å². The minimum absolute atomic E-state index is 0.0615. The van der Waals surface area contributed by atoms with Gasteiger partial charge in [-0.2, -0.15) is 0 Å². The predicted octanol–water partition coefficient (Wildman–Crippen LogP) is 5.57. The van der Waals surface area contributed by atoms with Crippen molar-refractivity contribution in [3.63, 3.8) is 0 Å². The van der Waals surface area contributed by atoms with E-state index in [1.807, 2.05) is 12.1 Å². The third kappa shape index (κ3) is 2.86. The summed E-state index contributed by atoms with van der Waals surface area (Å²) in [5.41, 5.74) is 7.86. The summed E-state index contributed by atoms with van der Waals surface area (Å²) in [7, 11) is 0. The Morgan fingerprint density at radius 2 is 1.70 bits per heavy atom. The molecule has 0 atom stereocenters. The van der Waals surface area contributed by atoms with Gasteiger partial charge >= 0.3 is 0 Å². The lowest BCUT2D eigenvalue weighted by Gasteiger charge is -2.57. The molecule has 0 amide bonds. The van der Waals surface area contributed by atoms with Crippen molar-refractivity contribution in [3.8, 4) is 0 Å². The molecule has 2 rings (SSSR count). The van der Waals surface area contributed by atoms with E-state index in [2.05, 4.69) is 19.9 Å². The summed E-state index contributed by atoms with van der Waals surface area (Å²) in [6.07, 6.45) is 7.42. The molecular weight excluding hydrogens is 289 g/mol. The van der Waals surface area contributed by atoms with Crippen LogP contribution >= 0.6 is 23.2 Å². The Hall–Kier alpha value is -0.240. The summed E-state index contributed by atoms with van der Waals surface area (Å²) in [6.45, 7) is 5.22. The fourth-order valence-corrected chi connectivity index (χ4v) is 4.90. The van der Waals surface area contributed by atoms with Crippen LogP contribution in [0.1, 0.15) is 57.9 Å². The van der Waals surface area contributed by atoms with E-state index in [1.165, 1.54) is 44.1 Å². The molecular formula is C17H25Cl2N. The molecule has 0 heterocycles. The van der Waals surface area contributed by atoms with Gasteiger partial charge in [0, 0.05) is 22.0 Å². The molecule has 0 saturated heterocycles. The molecule has 2 N–H and O–H groups in total. The first kappa shape index (κ1) is 16.1. The molecule has 1 aliphatic carbocycles. The van der Waals surface area contributed by atoms with Gasteiger partial charge in [0.25, 0.3) is 0 Å². The van der Waals surface area contributed by atoms with E-state index < -0.39 is 0 Å². The van der Waals surface area contributed by atoms with E-state index in [4.69, 9.17) is 28.9 Å². The Labute approximate surface area is 132 Å².